The fourth-order valence-electron chi connectivity index (χ4n) is 1.33. The van der Waals surface area contributed by atoms with E-state index in [0.717, 1.165) is 21.8 Å². The molecule has 0 atom stereocenters. The molecular formula is C13H16BrNO2. The van der Waals surface area contributed by atoms with Gasteiger partial charge in [0.05, 0.1) is 0 Å². The van der Waals surface area contributed by atoms with Crippen LogP contribution in [0.2, 0.25) is 0 Å². The predicted octanol–water partition coefficient (Wildman–Crippen LogP) is 3.39. The highest BCUT2D eigenvalue weighted by molar-refractivity contribution is 9.10. The van der Waals surface area contributed by atoms with Crippen molar-refractivity contribution in [3.8, 4) is 0 Å². The number of hydrogen-bond acceptors (Lipinski definition) is 2. The number of carbonyl (C=O) groups is 1. The van der Waals surface area contributed by atoms with Gasteiger partial charge in [-0.1, -0.05) is 22.0 Å². The van der Waals surface area contributed by atoms with E-state index in [0.29, 0.717) is 6.04 Å². The van der Waals surface area contributed by atoms with E-state index >= 15 is 0 Å². The maximum absolute atomic E-state index is 10.4. The molecule has 0 heterocycles. The first-order chi connectivity index (χ1) is 7.91. The highest BCUT2D eigenvalue weighted by Crippen LogP contribution is 2.25. The van der Waals surface area contributed by atoms with E-state index in [4.69, 9.17) is 5.11 Å². The van der Waals surface area contributed by atoms with E-state index in [-0.39, 0.29) is 0 Å². The lowest BCUT2D eigenvalue weighted by Crippen LogP contribution is -2.25. The van der Waals surface area contributed by atoms with E-state index in [1.54, 1.807) is 6.08 Å². The molecule has 0 aliphatic heterocycles. The summed E-state index contributed by atoms with van der Waals surface area (Å²) < 4.78 is 0.889. The van der Waals surface area contributed by atoms with E-state index in [2.05, 4.69) is 34.7 Å². The Morgan fingerprint density at radius 1 is 1.47 bits per heavy atom. The molecule has 0 fully saturated rings. The molecule has 0 unspecified atom stereocenters. The van der Waals surface area contributed by atoms with E-state index < -0.39 is 5.97 Å². The maximum Gasteiger partial charge on any atom is 0.328 e. The van der Waals surface area contributed by atoms with Gasteiger partial charge in [-0.25, -0.2) is 4.79 Å². The van der Waals surface area contributed by atoms with Crippen LogP contribution in [0.25, 0.3) is 6.08 Å². The number of benzene rings is 1. The summed E-state index contributed by atoms with van der Waals surface area (Å²) in [6.45, 7) is 4.23. The van der Waals surface area contributed by atoms with Crippen LogP contribution < -0.4 is 4.90 Å². The Kier molecular flexibility index (Phi) is 4.75. The zero-order valence-corrected chi connectivity index (χ0v) is 11.7. The first-order valence-electron chi connectivity index (χ1n) is 5.35. The Bertz CT molecular complexity index is 441. The second-order valence-corrected chi connectivity index (χ2v) is 4.94. The summed E-state index contributed by atoms with van der Waals surface area (Å²) in [6, 6.07) is 6.29. The standard InChI is InChI=1S/C13H16BrNO2/c1-9(2)15(3)11-6-4-10(12(14)8-11)5-7-13(16)17/h4-9H,1-3H3,(H,16,17)/b7-5+. The number of nitrogens with zero attached hydrogens (tertiary/aromatic N) is 1. The molecule has 1 aromatic rings. The van der Waals surface area contributed by atoms with Gasteiger partial charge in [-0.05, 0) is 37.6 Å². The fourth-order valence-corrected chi connectivity index (χ4v) is 1.83. The molecule has 1 aromatic carbocycles. The molecule has 3 nitrogen and oxygen atoms in total. The minimum atomic E-state index is -0.944. The van der Waals surface area contributed by atoms with Crippen molar-refractivity contribution in [1.82, 2.24) is 0 Å². The van der Waals surface area contributed by atoms with Crippen molar-refractivity contribution in [2.75, 3.05) is 11.9 Å². The lowest BCUT2D eigenvalue weighted by molar-refractivity contribution is -0.131. The van der Waals surface area contributed by atoms with Crippen molar-refractivity contribution >= 4 is 33.7 Å². The van der Waals surface area contributed by atoms with Crippen LogP contribution in [0.5, 0.6) is 0 Å². The van der Waals surface area contributed by atoms with Gasteiger partial charge >= 0.3 is 5.97 Å². The van der Waals surface area contributed by atoms with Gasteiger partial charge in [0, 0.05) is 29.3 Å². The van der Waals surface area contributed by atoms with Crippen molar-refractivity contribution in [3.63, 3.8) is 0 Å². The summed E-state index contributed by atoms with van der Waals surface area (Å²) in [5.41, 5.74) is 1.95. The number of anilines is 1. The second-order valence-electron chi connectivity index (χ2n) is 4.08. The van der Waals surface area contributed by atoms with E-state index in [1.165, 1.54) is 0 Å². The lowest BCUT2D eigenvalue weighted by atomic mass is 10.1. The average Bonchev–Trinajstić information content (AvgIpc) is 2.26. The van der Waals surface area contributed by atoms with Crippen molar-refractivity contribution in [1.29, 1.82) is 0 Å². The number of aliphatic carboxylic acids is 1. The van der Waals surface area contributed by atoms with Gasteiger partial charge in [0.25, 0.3) is 0 Å². The first-order valence-corrected chi connectivity index (χ1v) is 6.14. The molecule has 17 heavy (non-hydrogen) atoms. The fraction of sp³-hybridized carbons (Fsp3) is 0.308. The number of carboxylic acids is 1. The Hall–Kier alpha value is -1.29. The molecule has 4 heteroatoms. The number of halogens is 1. The minimum absolute atomic E-state index is 0.419. The molecule has 1 rings (SSSR count). The van der Waals surface area contributed by atoms with Gasteiger partial charge in [0.15, 0.2) is 0 Å². The van der Waals surface area contributed by atoms with Gasteiger partial charge in [-0.15, -0.1) is 0 Å². The number of carboxylic acid groups (broad SMARTS) is 1. The van der Waals surface area contributed by atoms with Gasteiger partial charge in [0.1, 0.15) is 0 Å². The van der Waals surface area contributed by atoms with Gasteiger partial charge in [-0.3, -0.25) is 0 Å². The van der Waals surface area contributed by atoms with Crippen LogP contribution in [0.4, 0.5) is 5.69 Å². The summed E-state index contributed by atoms with van der Waals surface area (Å²) in [7, 11) is 2.03. The molecule has 0 radical (unpaired) electrons. The third-order valence-corrected chi connectivity index (χ3v) is 3.26. The number of hydrogen-bond donors (Lipinski definition) is 1. The second kappa shape index (κ2) is 5.87. The van der Waals surface area contributed by atoms with Crippen molar-refractivity contribution in [2.24, 2.45) is 0 Å². The molecule has 0 bridgehead atoms. The molecule has 92 valence electrons. The quantitative estimate of drug-likeness (QED) is 0.866. The van der Waals surface area contributed by atoms with Crippen LogP contribution in [0.15, 0.2) is 28.7 Å². The van der Waals surface area contributed by atoms with Gasteiger partial charge < -0.3 is 10.0 Å². The predicted molar refractivity (Wildman–Crippen MR) is 74.4 cm³/mol. The molecule has 1 N–H and O–H groups in total. The Balaban J connectivity index is 2.98. The zero-order chi connectivity index (χ0) is 13.0. The third kappa shape index (κ3) is 3.89. The molecule has 0 aliphatic carbocycles. The SMILES string of the molecule is CC(C)N(C)c1ccc(/C=C/C(=O)O)c(Br)c1. The normalized spacial score (nSPS) is 11.1. The first kappa shape index (κ1) is 13.8. The van der Waals surface area contributed by atoms with Crippen LogP contribution in [-0.4, -0.2) is 24.2 Å². The van der Waals surface area contributed by atoms with Crippen molar-refractivity contribution in [2.45, 2.75) is 19.9 Å². The van der Waals surface area contributed by atoms with Gasteiger partial charge in [0.2, 0.25) is 0 Å². The Morgan fingerprint density at radius 3 is 2.59 bits per heavy atom. The van der Waals surface area contributed by atoms with Crippen LogP contribution in [0.3, 0.4) is 0 Å². The summed E-state index contributed by atoms with van der Waals surface area (Å²) in [6.07, 6.45) is 2.71. The monoisotopic (exact) mass is 297 g/mol. The minimum Gasteiger partial charge on any atom is -0.478 e. The largest absolute Gasteiger partial charge is 0.478 e. The van der Waals surface area contributed by atoms with Crippen LogP contribution in [-0.2, 0) is 4.79 Å². The molecule has 0 amide bonds. The number of rotatable bonds is 4. The Labute approximate surface area is 110 Å². The van der Waals surface area contributed by atoms with Gasteiger partial charge in [-0.2, -0.15) is 0 Å². The molecule has 0 saturated carbocycles. The van der Waals surface area contributed by atoms with E-state index in [9.17, 15) is 4.79 Å². The highest BCUT2D eigenvalue weighted by Gasteiger charge is 2.06. The van der Waals surface area contributed by atoms with Crippen molar-refractivity contribution < 1.29 is 9.90 Å². The molecular weight excluding hydrogens is 282 g/mol. The third-order valence-electron chi connectivity index (χ3n) is 2.57. The molecule has 0 saturated heterocycles. The Morgan fingerprint density at radius 2 is 2.12 bits per heavy atom. The lowest BCUT2D eigenvalue weighted by Gasteiger charge is -2.24. The molecule has 0 aromatic heterocycles. The smallest absolute Gasteiger partial charge is 0.328 e. The topological polar surface area (TPSA) is 40.5 Å². The summed E-state index contributed by atoms with van der Waals surface area (Å²) in [4.78, 5) is 12.6. The molecule has 0 aliphatic rings. The summed E-state index contributed by atoms with van der Waals surface area (Å²) in [5.74, 6) is -0.944. The van der Waals surface area contributed by atoms with E-state index in [1.807, 2.05) is 25.2 Å². The summed E-state index contributed by atoms with van der Waals surface area (Å²) in [5, 5.41) is 8.57. The average molecular weight is 298 g/mol. The van der Waals surface area contributed by atoms with Crippen LogP contribution >= 0.6 is 15.9 Å². The van der Waals surface area contributed by atoms with Crippen molar-refractivity contribution in [3.05, 3.63) is 34.3 Å². The zero-order valence-electron chi connectivity index (χ0n) is 10.1. The maximum atomic E-state index is 10.4. The van der Waals surface area contributed by atoms with Crippen LogP contribution in [0, 0.1) is 0 Å². The highest BCUT2D eigenvalue weighted by atomic mass is 79.9. The molecule has 0 spiro atoms. The van der Waals surface area contributed by atoms with Crippen LogP contribution in [0.1, 0.15) is 19.4 Å². The summed E-state index contributed by atoms with van der Waals surface area (Å²) >= 11 is 3.44.